The van der Waals surface area contributed by atoms with Crippen LogP contribution >= 0.6 is 12.2 Å². The van der Waals surface area contributed by atoms with Crippen molar-refractivity contribution in [2.24, 2.45) is 5.41 Å². The van der Waals surface area contributed by atoms with Gasteiger partial charge in [0.1, 0.15) is 13.2 Å². The molecule has 5 rings (SSSR count). The molecule has 2 saturated heterocycles. The van der Waals surface area contributed by atoms with E-state index >= 15 is 0 Å². The Hall–Kier alpha value is -2.36. The second kappa shape index (κ2) is 9.02. The first-order valence-electron chi connectivity index (χ1n) is 11.8. The summed E-state index contributed by atoms with van der Waals surface area (Å²) < 4.78 is 39.5. The second-order valence-corrected chi connectivity index (χ2v) is 11.9. The van der Waals surface area contributed by atoms with E-state index in [2.05, 4.69) is 10.2 Å². The predicted molar refractivity (Wildman–Crippen MR) is 136 cm³/mol. The largest absolute Gasteiger partial charge is 0.486 e. The molecule has 3 heterocycles. The number of hydrogen-bond acceptors (Lipinski definition) is 5. The van der Waals surface area contributed by atoms with Crippen molar-refractivity contribution in [1.82, 2.24) is 9.21 Å². The van der Waals surface area contributed by atoms with Crippen LogP contribution in [0, 0.1) is 19.3 Å². The number of hydrogen-bond donors (Lipinski definition) is 1. The number of ether oxygens (including phenoxy) is 2. The molecule has 3 aliphatic heterocycles. The Bertz CT molecular complexity index is 1210. The van der Waals surface area contributed by atoms with E-state index in [0.29, 0.717) is 36.3 Å². The third-order valence-electron chi connectivity index (χ3n) is 7.26. The molecule has 2 fully saturated rings. The van der Waals surface area contributed by atoms with Gasteiger partial charge in [0.2, 0.25) is 10.0 Å². The molecule has 0 saturated carbocycles. The fourth-order valence-electron chi connectivity index (χ4n) is 5.17. The van der Waals surface area contributed by atoms with Crippen LogP contribution in [-0.2, 0) is 10.0 Å². The molecule has 2 aromatic carbocycles. The molecule has 7 nitrogen and oxygen atoms in total. The van der Waals surface area contributed by atoms with Gasteiger partial charge in [-0.2, -0.15) is 4.31 Å². The fourth-order valence-corrected chi connectivity index (χ4v) is 7.19. The molecule has 0 bridgehead atoms. The van der Waals surface area contributed by atoms with Crippen LogP contribution < -0.4 is 14.8 Å². The lowest BCUT2D eigenvalue weighted by Gasteiger charge is -2.39. The van der Waals surface area contributed by atoms with E-state index in [1.807, 2.05) is 44.2 Å². The van der Waals surface area contributed by atoms with Crippen molar-refractivity contribution in [3.05, 3.63) is 47.5 Å². The van der Waals surface area contributed by atoms with Gasteiger partial charge in [-0.05, 0) is 80.1 Å². The summed E-state index contributed by atoms with van der Waals surface area (Å²) in [4.78, 5) is 2.64. The molecular weight excluding hydrogens is 470 g/mol. The molecule has 0 unspecified atom stereocenters. The van der Waals surface area contributed by atoms with Crippen molar-refractivity contribution in [3.8, 4) is 11.5 Å². The Morgan fingerprint density at radius 1 is 0.971 bits per heavy atom. The Labute approximate surface area is 207 Å². The van der Waals surface area contributed by atoms with Crippen molar-refractivity contribution in [2.75, 3.05) is 44.7 Å². The van der Waals surface area contributed by atoms with E-state index < -0.39 is 10.0 Å². The Morgan fingerprint density at radius 3 is 2.44 bits per heavy atom. The molecule has 182 valence electrons. The van der Waals surface area contributed by atoms with E-state index in [4.69, 9.17) is 21.7 Å². The number of nitrogens with one attached hydrogen (secondary N) is 1. The number of rotatable bonds is 3. The molecule has 1 spiro atoms. The van der Waals surface area contributed by atoms with Crippen molar-refractivity contribution in [1.29, 1.82) is 0 Å². The lowest BCUT2D eigenvalue weighted by molar-refractivity contribution is 0.167. The summed E-state index contributed by atoms with van der Waals surface area (Å²) in [5.41, 5.74) is 2.74. The van der Waals surface area contributed by atoms with Crippen LogP contribution in [0.25, 0.3) is 0 Å². The van der Waals surface area contributed by atoms with Gasteiger partial charge in [-0.15, -0.1) is 0 Å². The van der Waals surface area contributed by atoms with Crippen LogP contribution in [0.5, 0.6) is 11.5 Å². The van der Waals surface area contributed by atoms with Crippen molar-refractivity contribution in [3.63, 3.8) is 0 Å². The van der Waals surface area contributed by atoms with Crippen molar-refractivity contribution in [2.45, 2.75) is 38.0 Å². The average molecular weight is 502 g/mol. The minimum atomic E-state index is -3.48. The molecule has 0 atom stereocenters. The summed E-state index contributed by atoms with van der Waals surface area (Å²) in [6.07, 6.45) is 2.72. The average Bonchev–Trinajstić information content (AvgIpc) is 3.24. The number of thiocarbonyl (C=S) groups is 1. The highest BCUT2D eigenvalue weighted by atomic mass is 32.2. The number of piperidine rings is 1. The van der Waals surface area contributed by atoms with E-state index in [0.717, 1.165) is 60.7 Å². The maximum absolute atomic E-state index is 13.3. The molecule has 0 radical (unpaired) electrons. The van der Waals surface area contributed by atoms with E-state index in [1.54, 1.807) is 10.4 Å². The standard InChI is InChI=1S/C25H31N3O4S2/c1-18-3-4-19(2)23(15-18)34(29,30)28-11-8-25(9-12-28)7-10-27(17-25)24(33)26-20-5-6-21-22(16-20)32-14-13-31-21/h3-6,15-16H,7-14,17H2,1-2H3,(H,26,33). The number of likely N-dealkylation sites (tertiary alicyclic amines) is 1. The number of nitrogens with zero attached hydrogens (tertiary/aromatic N) is 2. The maximum Gasteiger partial charge on any atom is 0.243 e. The number of fused-ring (bicyclic) bond motifs is 1. The molecule has 3 aliphatic rings. The van der Waals surface area contributed by atoms with Crippen LogP contribution in [-0.4, -0.2) is 62.1 Å². The smallest absolute Gasteiger partial charge is 0.243 e. The number of benzene rings is 2. The molecule has 0 aromatic heterocycles. The zero-order chi connectivity index (χ0) is 23.9. The van der Waals surface area contributed by atoms with Gasteiger partial charge in [-0.3, -0.25) is 0 Å². The number of anilines is 1. The molecule has 2 aromatic rings. The number of aryl methyl sites for hydroxylation is 2. The van der Waals surface area contributed by atoms with Crippen molar-refractivity contribution >= 4 is 33.0 Å². The zero-order valence-electron chi connectivity index (χ0n) is 19.7. The van der Waals surface area contributed by atoms with Crippen LogP contribution in [0.3, 0.4) is 0 Å². The molecule has 1 N–H and O–H groups in total. The van der Waals surface area contributed by atoms with Gasteiger partial charge in [0.25, 0.3) is 0 Å². The van der Waals surface area contributed by atoms with Gasteiger partial charge in [0, 0.05) is 37.9 Å². The van der Waals surface area contributed by atoms with E-state index in [-0.39, 0.29) is 5.41 Å². The van der Waals surface area contributed by atoms with Gasteiger partial charge in [-0.25, -0.2) is 8.42 Å². The Kier molecular flexibility index (Phi) is 6.20. The first-order chi connectivity index (χ1) is 16.3. The van der Waals surface area contributed by atoms with Gasteiger partial charge < -0.3 is 19.7 Å². The second-order valence-electron chi connectivity index (χ2n) is 9.63. The highest BCUT2D eigenvalue weighted by Gasteiger charge is 2.43. The molecule has 0 amide bonds. The van der Waals surface area contributed by atoms with Crippen LogP contribution in [0.1, 0.15) is 30.4 Å². The molecule has 34 heavy (non-hydrogen) atoms. The highest BCUT2D eigenvalue weighted by Crippen LogP contribution is 2.42. The predicted octanol–water partition coefficient (Wildman–Crippen LogP) is 3.95. The lowest BCUT2D eigenvalue weighted by Crippen LogP contribution is -2.45. The van der Waals surface area contributed by atoms with Gasteiger partial charge in [0.05, 0.1) is 4.90 Å². The van der Waals surface area contributed by atoms with Gasteiger partial charge in [-0.1, -0.05) is 12.1 Å². The quantitative estimate of drug-likeness (QED) is 0.639. The monoisotopic (exact) mass is 501 g/mol. The van der Waals surface area contributed by atoms with Crippen LogP contribution in [0.4, 0.5) is 5.69 Å². The van der Waals surface area contributed by atoms with E-state index in [1.165, 1.54) is 0 Å². The fraction of sp³-hybridized carbons (Fsp3) is 0.480. The summed E-state index contributed by atoms with van der Waals surface area (Å²) in [6.45, 7) is 7.72. The number of sulfonamides is 1. The minimum Gasteiger partial charge on any atom is -0.486 e. The maximum atomic E-state index is 13.3. The molecule has 0 aliphatic carbocycles. The Morgan fingerprint density at radius 2 is 1.68 bits per heavy atom. The zero-order valence-corrected chi connectivity index (χ0v) is 21.3. The summed E-state index contributed by atoms with van der Waals surface area (Å²) in [7, 11) is -3.48. The molecular formula is C25H31N3O4S2. The normalized spacial score (nSPS) is 19.9. The van der Waals surface area contributed by atoms with E-state index in [9.17, 15) is 8.42 Å². The van der Waals surface area contributed by atoms with Crippen LogP contribution in [0.2, 0.25) is 0 Å². The molecule has 9 heteroatoms. The topological polar surface area (TPSA) is 71.1 Å². The minimum absolute atomic E-state index is 0.103. The third kappa shape index (κ3) is 4.48. The Balaban J connectivity index is 1.21. The van der Waals surface area contributed by atoms with Gasteiger partial charge in [0.15, 0.2) is 16.6 Å². The lowest BCUT2D eigenvalue weighted by atomic mass is 9.78. The summed E-state index contributed by atoms with van der Waals surface area (Å²) in [6, 6.07) is 11.4. The SMILES string of the molecule is Cc1ccc(C)c(S(=O)(=O)N2CCC3(CCN(C(=S)Nc4ccc5c(c4)OCCO5)C3)CC2)c1. The summed E-state index contributed by atoms with van der Waals surface area (Å²) in [5.74, 6) is 1.49. The summed E-state index contributed by atoms with van der Waals surface area (Å²) >= 11 is 5.71. The summed E-state index contributed by atoms with van der Waals surface area (Å²) in [5, 5.41) is 4.03. The third-order valence-corrected chi connectivity index (χ3v) is 9.66. The highest BCUT2D eigenvalue weighted by molar-refractivity contribution is 7.89. The van der Waals surface area contributed by atoms with Crippen molar-refractivity contribution < 1.29 is 17.9 Å². The first kappa shape index (κ1) is 23.4. The van der Waals surface area contributed by atoms with Gasteiger partial charge >= 0.3 is 0 Å². The first-order valence-corrected chi connectivity index (χ1v) is 13.6. The van der Waals surface area contributed by atoms with Crippen LogP contribution in [0.15, 0.2) is 41.3 Å².